The maximum absolute atomic E-state index is 13.4. The van der Waals surface area contributed by atoms with E-state index in [9.17, 15) is 9.18 Å². The zero-order valence-corrected chi connectivity index (χ0v) is 10.4. The lowest BCUT2D eigenvalue weighted by atomic mass is 9.92. The van der Waals surface area contributed by atoms with Gasteiger partial charge in [0.05, 0.1) is 23.9 Å². The first kappa shape index (κ1) is 13.0. The quantitative estimate of drug-likeness (QED) is 0.898. The summed E-state index contributed by atoms with van der Waals surface area (Å²) in [5.41, 5.74) is 0.176. The molecule has 1 aromatic heterocycles. The van der Waals surface area contributed by atoms with Crippen LogP contribution in [-0.4, -0.2) is 23.6 Å². The minimum Gasteiger partial charge on any atom is -0.377 e. The van der Waals surface area contributed by atoms with Gasteiger partial charge in [-0.2, -0.15) is 0 Å². The molecule has 0 aliphatic carbocycles. The van der Waals surface area contributed by atoms with Crippen molar-refractivity contribution in [1.29, 1.82) is 0 Å². The Balaban J connectivity index is 2.05. The number of rotatable bonds is 3. The number of nitrogens with zero attached hydrogens (tertiary/aromatic N) is 1. The number of hydrogen-bond acceptors (Lipinski definition) is 3. The van der Waals surface area contributed by atoms with Crippen molar-refractivity contribution < 1.29 is 13.9 Å². The standard InChI is InChI=1S/C13H17FN2O2/c1-2-12-9(4-3-7-18-12)13(17)16-11-5-6-15-8-10(11)14/h5-6,8-9,12H,2-4,7H2,1H3,(H,15,16,17)/t9-,12+/m0/s1. The predicted molar refractivity (Wildman–Crippen MR) is 65.6 cm³/mol. The number of anilines is 1. The lowest BCUT2D eigenvalue weighted by Crippen LogP contribution is -2.38. The van der Waals surface area contributed by atoms with Crippen LogP contribution >= 0.6 is 0 Å². The van der Waals surface area contributed by atoms with Gasteiger partial charge in [0, 0.05) is 12.8 Å². The highest BCUT2D eigenvalue weighted by atomic mass is 19.1. The minimum absolute atomic E-state index is 0.0661. The van der Waals surface area contributed by atoms with Gasteiger partial charge in [-0.25, -0.2) is 4.39 Å². The van der Waals surface area contributed by atoms with Crippen molar-refractivity contribution in [3.63, 3.8) is 0 Å². The molecular formula is C13H17FN2O2. The van der Waals surface area contributed by atoms with E-state index in [2.05, 4.69) is 10.3 Å². The number of pyridine rings is 1. The molecule has 1 saturated heterocycles. The Labute approximate surface area is 106 Å². The molecule has 2 atom stereocenters. The van der Waals surface area contributed by atoms with Gasteiger partial charge < -0.3 is 10.1 Å². The van der Waals surface area contributed by atoms with Gasteiger partial charge in [0.1, 0.15) is 0 Å². The third-order valence-corrected chi connectivity index (χ3v) is 3.21. The van der Waals surface area contributed by atoms with Crippen LogP contribution in [-0.2, 0) is 9.53 Å². The third kappa shape index (κ3) is 2.85. The first-order valence-corrected chi connectivity index (χ1v) is 6.24. The fourth-order valence-electron chi connectivity index (χ4n) is 2.24. The summed E-state index contributed by atoms with van der Waals surface area (Å²) in [6.45, 7) is 2.69. The number of ether oxygens (including phenoxy) is 1. The first-order valence-electron chi connectivity index (χ1n) is 6.24. The molecule has 2 rings (SSSR count). The summed E-state index contributed by atoms with van der Waals surface area (Å²) < 4.78 is 18.9. The van der Waals surface area contributed by atoms with Crippen molar-refractivity contribution >= 4 is 11.6 Å². The molecule has 0 aromatic carbocycles. The maximum atomic E-state index is 13.4. The van der Waals surface area contributed by atoms with Crippen LogP contribution in [0.25, 0.3) is 0 Å². The van der Waals surface area contributed by atoms with Gasteiger partial charge >= 0.3 is 0 Å². The van der Waals surface area contributed by atoms with Gasteiger partial charge in [0.15, 0.2) is 5.82 Å². The summed E-state index contributed by atoms with van der Waals surface area (Å²) in [7, 11) is 0. The van der Waals surface area contributed by atoms with E-state index in [1.807, 2.05) is 6.92 Å². The Hall–Kier alpha value is -1.49. The molecule has 5 heteroatoms. The van der Waals surface area contributed by atoms with E-state index in [0.29, 0.717) is 6.61 Å². The van der Waals surface area contributed by atoms with Gasteiger partial charge in [-0.1, -0.05) is 6.92 Å². The van der Waals surface area contributed by atoms with E-state index >= 15 is 0 Å². The molecule has 1 fully saturated rings. The van der Waals surface area contributed by atoms with Crippen LogP contribution in [0.1, 0.15) is 26.2 Å². The Bertz CT molecular complexity index is 425. The molecule has 2 heterocycles. The van der Waals surface area contributed by atoms with Crippen molar-refractivity contribution in [2.24, 2.45) is 5.92 Å². The number of hydrogen-bond donors (Lipinski definition) is 1. The molecular weight excluding hydrogens is 235 g/mol. The van der Waals surface area contributed by atoms with Crippen LogP contribution in [0.5, 0.6) is 0 Å². The normalized spacial score (nSPS) is 23.7. The maximum Gasteiger partial charge on any atom is 0.230 e. The van der Waals surface area contributed by atoms with Crippen LogP contribution in [0, 0.1) is 11.7 Å². The molecule has 18 heavy (non-hydrogen) atoms. The van der Waals surface area contributed by atoms with Gasteiger partial charge in [-0.05, 0) is 25.3 Å². The van der Waals surface area contributed by atoms with Crippen molar-refractivity contribution in [3.8, 4) is 0 Å². The highest BCUT2D eigenvalue weighted by Gasteiger charge is 2.30. The highest BCUT2D eigenvalue weighted by Crippen LogP contribution is 2.25. The second kappa shape index (κ2) is 5.91. The number of nitrogens with one attached hydrogen (secondary N) is 1. The Morgan fingerprint density at radius 2 is 2.50 bits per heavy atom. The smallest absolute Gasteiger partial charge is 0.230 e. The molecule has 1 amide bonds. The number of amides is 1. The van der Waals surface area contributed by atoms with Crippen molar-refractivity contribution in [2.75, 3.05) is 11.9 Å². The summed E-state index contributed by atoms with van der Waals surface area (Å²) in [5, 5.41) is 2.61. The van der Waals surface area contributed by atoms with E-state index in [4.69, 9.17) is 4.74 Å². The Morgan fingerprint density at radius 1 is 1.67 bits per heavy atom. The minimum atomic E-state index is -0.518. The van der Waals surface area contributed by atoms with Gasteiger partial charge in [-0.3, -0.25) is 9.78 Å². The first-order chi connectivity index (χ1) is 8.72. The molecule has 1 N–H and O–H groups in total. The molecule has 0 unspecified atom stereocenters. The van der Waals surface area contributed by atoms with E-state index < -0.39 is 5.82 Å². The average Bonchev–Trinajstić information content (AvgIpc) is 2.41. The van der Waals surface area contributed by atoms with Crippen molar-refractivity contribution in [3.05, 3.63) is 24.3 Å². The monoisotopic (exact) mass is 252 g/mol. The van der Waals surface area contributed by atoms with E-state index in [1.54, 1.807) is 0 Å². The number of carbonyl (C=O) groups is 1. The fourth-order valence-corrected chi connectivity index (χ4v) is 2.24. The summed E-state index contributed by atoms with van der Waals surface area (Å²) in [6, 6.07) is 1.46. The zero-order chi connectivity index (χ0) is 13.0. The number of carbonyl (C=O) groups excluding carboxylic acids is 1. The molecule has 0 spiro atoms. The van der Waals surface area contributed by atoms with Gasteiger partial charge in [0.2, 0.25) is 5.91 Å². The van der Waals surface area contributed by atoms with Crippen molar-refractivity contribution in [1.82, 2.24) is 4.98 Å². The van der Waals surface area contributed by atoms with Gasteiger partial charge in [-0.15, -0.1) is 0 Å². The Morgan fingerprint density at radius 3 is 3.22 bits per heavy atom. The van der Waals surface area contributed by atoms with E-state index in [1.165, 1.54) is 12.3 Å². The Kier molecular flexibility index (Phi) is 4.25. The second-order valence-corrected chi connectivity index (χ2v) is 4.41. The molecule has 1 aromatic rings. The molecule has 0 saturated carbocycles. The molecule has 4 nitrogen and oxygen atoms in total. The summed E-state index contributed by atoms with van der Waals surface area (Å²) >= 11 is 0. The SMILES string of the molecule is CC[C@H]1OCCC[C@@H]1C(=O)Nc1ccncc1F. The zero-order valence-electron chi connectivity index (χ0n) is 10.4. The van der Waals surface area contributed by atoms with Crippen LogP contribution < -0.4 is 5.32 Å². The highest BCUT2D eigenvalue weighted by molar-refractivity contribution is 5.93. The largest absolute Gasteiger partial charge is 0.377 e. The summed E-state index contributed by atoms with van der Waals surface area (Å²) in [5.74, 6) is -0.890. The van der Waals surface area contributed by atoms with Crippen LogP contribution in [0.4, 0.5) is 10.1 Å². The van der Waals surface area contributed by atoms with Crippen LogP contribution in [0.3, 0.4) is 0 Å². The summed E-state index contributed by atoms with van der Waals surface area (Å²) in [4.78, 5) is 15.8. The molecule has 1 aliphatic heterocycles. The molecule has 0 bridgehead atoms. The molecule has 1 aliphatic rings. The fraction of sp³-hybridized carbons (Fsp3) is 0.538. The van der Waals surface area contributed by atoms with Crippen LogP contribution in [0.15, 0.2) is 18.5 Å². The second-order valence-electron chi connectivity index (χ2n) is 4.41. The average molecular weight is 252 g/mol. The number of halogens is 1. The summed E-state index contributed by atoms with van der Waals surface area (Å²) in [6.07, 6.45) is 4.92. The van der Waals surface area contributed by atoms with E-state index in [-0.39, 0.29) is 23.6 Å². The molecule has 98 valence electrons. The lowest BCUT2D eigenvalue weighted by molar-refractivity contribution is -0.129. The third-order valence-electron chi connectivity index (χ3n) is 3.21. The van der Waals surface area contributed by atoms with E-state index in [0.717, 1.165) is 25.5 Å². The number of aromatic nitrogens is 1. The molecule has 0 radical (unpaired) electrons. The topological polar surface area (TPSA) is 51.2 Å². The van der Waals surface area contributed by atoms with Crippen LogP contribution in [0.2, 0.25) is 0 Å². The van der Waals surface area contributed by atoms with Crippen molar-refractivity contribution in [2.45, 2.75) is 32.3 Å². The lowest BCUT2D eigenvalue weighted by Gasteiger charge is -2.30. The predicted octanol–water partition coefficient (Wildman–Crippen LogP) is 2.36. The van der Waals surface area contributed by atoms with Gasteiger partial charge in [0.25, 0.3) is 0 Å².